The number of fused-ring (bicyclic) bond motifs is 3. The zero-order chi connectivity index (χ0) is 13.5. The predicted molar refractivity (Wildman–Crippen MR) is 92.4 cm³/mol. The van der Waals surface area contributed by atoms with Gasteiger partial charge in [0.25, 0.3) is 0 Å². The Morgan fingerprint density at radius 1 is 0.900 bits per heavy atom. The lowest BCUT2D eigenvalue weighted by molar-refractivity contribution is 1.13. The Labute approximate surface area is 130 Å². The van der Waals surface area contributed by atoms with Crippen molar-refractivity contribution < 1.29 is 0 Å². The van der Waals surface area contributed by atoms with Gasteiger partial charge in [-0.2, -0.15) is 0 Å². The third kappa shape index (κ3) is 1.95. The van der Waals surface area contributed by atoms with Gasteiger partial charge in [-0.3, -0.25) is 0 Å². The molecule has 2 aromatic carbocycles. The maximum absolute atomic E-state index is 3.51. The first kappa shape index (κ1) is 12.4. The van der Waals surface area contributed by atoms with Crippen LogP contribution in [0.3, 0.4) is 0 Å². The van der Waals surface area contributed by atoms with Crippen LogP contribution in [0.2, 0.25) is 0 Å². The molecular weight excluding hydrogens is 328 g/mol. The molecule has 0 spiro atoms. The Balaban J connectivity index is 2.06. The lowest BCUT2D eigenvalue weighted by Gasteiger charge is -2.03. The zero-order valence-corrected chi connectivity index (χ0v) is 13.3. The summed E-state index contributed by atoms with van der Waals surface area (Å²) in [5.41, 5.74) is 2.63. The summed E-state index contributed by atoms with van der Waals surface area (Å²) in [6.45, 7) is 0. The van der Waals surface area contributed by atoms with Gasteiger partial charge in [0.1, 0.15) is 0 Å². The number of rotatable bonds is 1. The van der Waals surface area contributed by atoms with Gasteiger partial charge in [0, 0.05) is 19.1 Å². The SMILES string of the molecule is Brc1ccc(-c2cccc3c4c(sc23)=CCCC=4)cc1. The molecule has 1 heterocycles. The first-order valence-corrected chi connectivity index (χ1v) is 8.42. The third-order valence-electron chi connectivity index (χ3n) is 3.78. The molecule has 0 radical (unpaired) electrons. The molecule has 0 bridgehead atoms. The fraction of sp³-hybridized carbons (Fsp3) is 0.111. The van der Waals surface area contributed by atoms with Gasteiger partial charge in [-0.05, 0) is 41.3 Å². The molecule has 0 fully saturated rings. The monoisotopic (exact) mass is 340 g/mol. The first-order valence-electron chi connectivity index (χ1n) is 6.81. The highest BCUT2D eigenvalue weighted by atomic mass is 79.9. The van der Waals surface area contributed by atoms with E-state index in [2.05, 4.69) is 70.5 Å². The fourth-order valence-electron chi connectivity index (χ4n) is 2.82. The van der Waals surface area contributed by atoms with E-state index in [4.69, 9.17) is 0 Å². The molecule has 0 amide bonds. The van der Waals surface area contributed by atoms with E-state index in [-0.39, 0.29) is 0 Å². The van der Waals surface area contributed by atoms with Crippen molar-refractivity contribution in [2.75, 3.05) is 0 Å². The minimum Gasteiger partial charge on any atom is -0.135 e. The number of halogens is 1. The summed E-state index contributed by atoms with van der Waals surface area (Å²) in [5, 5.41) is 2.84. The van der Waals surface area contributed by atoms with E-state index >= 15 is 0 Å². The van der Waals surface area contributed by atoms with Crippen molar-refractivity contribution >= 4 is 49.5 Å². The number of benzene rings is 2. The van der Waals surface area contributed by atoms with Crippen LogP contribution in [0.5, 0.6) is 0 Å². The summed E-state index contributed by atoms with van der Waals surface area (Å²) in [4.78, 5) is 0. The third-order valence-corrected chi connectivity index (χ3v) is 5.56. The Bertz CT molecular complexity index is 901. The standard InChI is InChI=1S/C18H13BrS/c19-13-10-8-12(9-11-13)14-5-3-6-16-15-4-1-2-7-17(15)20-18(14)16/h3-11H,1-2H2. The van der Waals surface area contributed by atoms with Gasteiger partial charge >= 0.3 is 0 Å². The summed E-state index contributed by atoms with van der Waals surface area (Å²) in [7, 11) is 0. The highest BCUT2D eigenvalue weighted by molar-refractivity contribution is 9.10. The molecule has 0 saturated heterocycles. The number of thiophene rings is 1. The van der Waals surface area contributed by atoms with Gasteiger partial charge in [0.2, 0.25) is 0 Å². The average Bonchev–Trinajstić information content (AvgIpc) is 2.87. The Morgan fingerprint density at radius 3 is 2.55 bits per heavy atom. The summed E-state index contributed by atoms with van der Waals surface area (Å²) in [5.74, 6) is 0. The van der Waals surface area contributed by atoms with Crippen LogP contribution in [0, 0.1) is 0 Å². The van der Waals surface area contributed by atoms with Gasteiger partial charge in [0.15, 0.2) is 0 Å². The van der Waals surface area contributed by atoms with Crippen LogP contribution in [0.25, 0.3) is 33.4 Å². The zero-order valence-electron chi connectivity index (χ0n) is 10.9. The molecule has 4 rings (SSSR count). The van der Waals surface area contributed by atoms with Crippen LogP contribution in [0.4, 0.5) is 0 Å². The molecule has 3 aromatic rings. The maximum Gasteiger partial charge on any atom is 0.0433 e. The van der Waals surface area contributed by atoms with Gasteiger partial charge in [-0.15, -0.1) is 11.3 Å². The summed E-state index contributed by atoms with van der Waals surface area (Å²) < 4.78 is 3.98. The van der Waals surface area contributed by atoms with Crippen molar-refractivity contribution in [3.63, 3.8) is 0 Å². The molecule has 1 aliphatic carbocycles. The van der Waals surface area contributed by atoms with Crippen molar-refractivity contribution in [1.29, 1.82) is 0 Å². The second kappa shape index (κ2) is 4.87. The molecule has 0 nitrogen and oxygen atoms in total. The highest BCUT2D eigenvalue weighted by Crippen LogP contribution is 2.30. The summed E-state index contributed by atoms with van der Waals surface area (Å²) in [6.07, 6.45) is 7.11. The van der Waals surface area contributed by atoms with Crippen LogP contribution < -0.4 is 9.75 Å². The van der Waals surface area contributed by atoms with Crippen LogP contribution in [0.1, 0.15) is 12.8 Å². The number of hydrogen-bond donors (Lipinski definition) is 0. The van der Waals surface area contributed by atoms with Crippen molar-refractivity contribution in [2.45, 2.75) is 12.8 Å². The Hall–Kier alpha value is -1.38. The molecular formula is C18H13BrS. The normalized spacial score (nSPS) is 13.7. The molecule has 98 valence electrons. The molecule has 0 aliphatic heterocycles. The molecule has 20 heavy (non-hydrogen) atoms. The minimum absolute atomic E-state index is 1.13. The predicted octanol–water partition coefficient (Wildman–Crippen LogP) is 4.69. The van der Waals surface area contributed by atoms with Gasteiger partial charge in [-0.25, -0.2) is 0 Å². The van der Waals surface area contributed by atoms with Crippen LogP contribution >= 0.6 is 27.3 Å². The fourth-order valence-corrected chi connectivity index (χ4v) is 4.39. The van der Waals surface area contributed by atoms with E-state index in [0.29, 0.717) is 0 Å². The molecule has 0 atom stereocenters. The van der Waals surface area contributed by atoms with E-state index in [1.807, 2.05) is 11.3 Å². The van der Waals surface area contributed by atoms with E-state index in [1.165, 1.54) is 43.8 Å². The van der Waals surface area contributed by atoms with E-state index < -0.39 is 0 Å². The first-order chi connectivity index (χ1) is 9.83. The Morgan fingerprint density at radius 2 is 1.70 bits per heavy atom. The molecule has 1 aromatic heterocycles. The quantitative estimate of drug-likeness (QED) is 0.603. The van der Waals surface area contributed by atoms with E-state index in [0.717, 1.165) is 4.47 Å². The molecule has 1 aliphatic rings. The highest BCUT2D eigenvalue weighted by Gasteiger charge is 2.09. The lowest BCUT2D eigenvalue weighted by atomic mass is 10.0. The van der Waals surface area contributed by atoms with Gasteiger partial charge in [-0.1, -0.05) is 58.4 Å². The topological polar surface area (TPSA) is 0 Å². The van der Waals surface area contributed by atoms with Gasteiger partial charge < -0.3 is 0 Å². The largest absolute Gasteiger partial charge is 0.135 e. The van der Waals surface area contributed by atoms with Crippen LogP contribution in [0.15, 0.2) is 46.9 Å². The lowest BCUT2D eigenvalue weighted by Crippen LogP contribution is -2.20. The van der Waals surface area contributed by atoms with Crippen LogP contribution in [-0.4, -0.2) is 0 Å². The molecule has 2 heteroatoms. The van der Waals surface area contributed by atoms with Crippen molar-refractivity contribution in [1.82, 2.24) is 0 Å². The van der Waals surface area contributed by atoms with Crippen molar-refractivity contribution in [2.24, 2.45) is 0 Å². The Kier molecular flexibility index (Phi) is 3.01. The molecule has 0 saturated carbocycles. The summed E-state index contributed by atoms with van der Waals surface area (Å²) >= 11 is 5.43. The second-order valence-electron chi connectivity index (χ2n) is 5.05. The van der Waals surface area contributed by atoms with Crippen molar-refractivity contribution in [3.8, 4) is 11.1 Å². The molecule has 0 N–H and O–H groups in total. The van der Waals surface area contributed by atoms with E-state index in [9.17, 15) is 0 Å². The summed E-state index contributed by atoms with van der Waals surface area (Å²) in [6, 6.07) is 15.3. The maximum atomic E-state index is 3.51. The average molecular weight is 341 g/mol. The van der Waals surface area contributed by atoms with Crippen molar-refractivity contribution in [3.05, 3.63) is 56.7 Å². The minimum atomic E-state index is 1.13. The van der Waals surface area contributed by atoms with Crippen LogP contribution in [-0.2, 0) is 0 Å². The van der Waals surface area contributed by atoms with E-state index in [1.54, 1.807) is 0 Å². The second-order valence-corrected chi connectivity index (χ2v) is 7.02. The van der Waals surface area contributed by atoms with Gasteiger partial charge in [0.05, 0.1) is 0 Å². The number of hydrogen-bond acceptors (Lipinski definition) is 1. The molecule has 0 unspecified atom stereocenters. The smallest absolute Gasteiger partial charge is 0.0433 e.